The van der Waals surface area contributed by atoms with E-state index >= 15 is 0 Å². The van der Waals surface area contributed by atoms with Crippen molar-refractivity contribution in [2.24, 2.45) is 0 Å². The summed E-state index contributed by atoms with van der Waals surface area (Å²) in [6.07, 6.45) is -3.26. The monoisotopic (exact) mass is 250 g/mol. The van der Waals surface area contributed by atoms with Crippen LogP contribution in [0.2, 0.25) is 0 Å². The Labute approximate surface area is 96.3 Å². The third-order valence-electron chi connectivity index (χ3n) is 2.13. The predicted octanol–water partition coefficient (Wildman–Crippen LogP) is 0.891. The molecule has 0 aliphatic carbocycles. The van der Waals surface area contributed by atoms with E-state index in [0.717, 1.165) is 6.07 Å². The molecule has 0 saturated heterocycles. The average molecular weight is 250 g/mol. The summed E-state index contributed by atoms with van der Waals surface area (Å²) < 4.78 is 38.1. The van der Waals surface area contributed by atoms with Gasteiger partial charge in [-0.25, -0.2) is 4.98 Å². The normalized spacial score (nSPS) is 11.6. The Bertz CT molecular complexity index is 352. The van der Waals surface area contributed by atoms with E-state index < -0.39 is 11.7 Å². The van der Waals surface area contributed by atoms with Crippen molar-refractivity contribution in [2.75, 3.05) is 31.2 Å². The maximum absolute atomic E-state index is 12.7. The summed E-state index contributed by atoms with van der Waals surface area (Å²) >= 11 is 0. The van der Waals surface area contributed by atoms with Crippen LogP contribution in [-0.2, 0) is 6.18 Å². The molecule has 7 heteroatoms. The lowest BCUT2D eigenvalue weighted by Gasteiger charge is -2.24. The van der Waals surface area contributed by atoms with Crippen LogP contribution in [0.15, 0.2) is 18.3 Å². The van der Waals surface area contributed by atoms with Gasteiger partial charge in [0.05, 0.1) is 18.8 Å². The van der Waals surface area contributed by atoms with Gasteiger partial charge in [-0.2, -0.15) is 13.2 Å². The molecule has 96 valence electrons. The Morgan fingerprint density at radius 2 is 1.76 bits per heavy atom. The average Bonchev–Trinajstić information content (AvgIpc) is 2.28. The van der Waals surface area contributed by atoms with Crippen molar-refractivity contribution in [3.05, 3.63) is 23.9 Å². The minimum atomic E-state index is -4.51. The van der Waals surface area contributed by atoms with Crippen LogP contribution in [0.25, 0.3) is 0 Å². The molecule has 0 bridgehead atoms. The van der Waals surface area contributed by atoms with Gasteiger partial charge in [0.15, 0.2) is 0 Å². The van der Waals surface area contributed by atoms with Gasteiger partial charge >= 0.3 is 6.18 Å². The van der Waals surface area contributed by atoms with Crippen molar-refractivity contribution in [3.8, 4) is 0 Å². The fourth-order valence-electron chi connectivity index (χ4n) is 1.44. The van der Waals surface area contributed by atoms with Crippen LogP contribution >= 0.6 is 0 Å². The van der Waals surface area contributed by atoms with Gasteiger partial charge in [0.2, 0.25) is 0 Å². The fraction of sp³-hybridized carbons (Fsp3) is 0.500. The zero-order valence-corrected chi connectivity index (χ0v) is 8.98. The van der Waals surface area contributed by atoms with Crippen molar-refractivity contribution < 1.29 is 23.4 Å². The molecule has 0 aliphatic rings. The Morgan fingerprint density at radius 3 is 2.24 bits per heavy atom. The highest BCUT2D eigenvalue weighted by molar-refractivity contribution is 5.48. The molecule has 0 radical (unpaired) electrons. The summed E-state index contributed by atoms with van der Waals surface area (Å²) in [6, 6.07) is 2.12. The third-order valence-corrected chi connectivity index (χ3v) is 2.13. The van der Waals surface area contributed by atoms with E-state index in [0.29, 0.717) is 0 Å². The SMILES string of the molecule is OCCN(CCO)c1ncccc1C(F)(F)F. The van der Waals surface area contributed by atoms with E-state index in [1.54, 1.807) is 0 Å². The number of aliphatic hydroxyl groups excluding tert-OH is 2. The van der Waals surface area contributed by atoms with Crippen LogP contribution < -0.4 is 4.90 Å². The summed E-state index contributed by atoms with van der Waals surface area (Å²) in [6.45, 7) is -0.650. The maximum atomic E-state index is 12.7. The van der Waals surface area contributed by atoms with Crippen molar-refractivity contribution in [3.63, 3.8) is 0 Å². The summed E-state index contributed by atoms with van der Waals surface area (Å²) in [5.41, 5.74) is -0.873. The van der Waals surface area contributed by atoms with Gasteiger partial charge < -0.3 is 15.1 Å². The molecule has 2 N–H and O–H groups in total. The second-order valence-electron chi connectivity index (χ2n) is 3.31. The number of aromatic nitrogens is 1. The van der Waals surface area contributed by atoms with Gasteiger partial charge in [-0.05, 0) is 12.1 Å². The van der Waals surface area contributed by atoms with Crippen molar-refractivity contribution in [2.45, 2.75) is 6.18 Å². The Balaban J connectivity index is 3.09. The van der Waals surface area contributed by atoms with Crippen molar-refractivity contribution >= 4 is 5.82 Å². The number of hydrogen-bond donors (Lipinski definition) is 2. The number of halogens is 3. The summed E-state index contributed by atoms with van der Waals surface area (Å²) in [5, 5.41) is 17.6. The predicted molar refractivity (Wildman–Crippen MR) is 55.6 cm³/mol. The molecule has 0 fully saturated rings. The van der Waals surface area contributed by atoms with Crippen LogP contribution in [0.3, 0.4) is 0 Å². The van der Waals surface area contributed by atoms with Crippen LogP contribution in [0.4, 0.5) is 19.0 Å². The molecule has 0 aromatic carbocycles. The van der Waals surface area contributed by atoms with Gasteiger partial charge in [-0.1, -0.05) is 0 Å². The van der Waals surface area contributed by atoms with E-state index in [1.807, 2.05) is 0 Å². The van der Waals surface area contributed by atoms with Gasteiger partial charge in [0.1, 0.15) is 5.82 Å². The van der Waals surface area contributed by atoms with E-state index in [-0.39, 0.29) is 32.1 Å². The lowest BCUT2D eigenvalue weighted by atomic mass is 10.2. The molecular weight excluding hydrogens is 237 g/mol. The summed E-state index contributed by atoms with van der Waals surface area (Å²) in [4.78, 5) is 4.86. The largest absolute Gasteiger partial charge is 0.419 e. The Morgan fingerprint density at radius 1 is 1.18 bits per heavy atom. The lowest BCUT2D eigenvalue weighted by molar-refractivity contribution is -0.137. The number of alkyl halides is 3. The topological polar surface area (TPSA) is 56.6 Å². The highest BCUT2D eigenvalue weighted by atomic mass is 19.4. The lowest BCUT2D eigenvalue weighted by Crippen LogP contribution is -2.32. The van der Waals surface area contributed by atoms with Gasteiger partial charge in [-0.15, -0.1) is 0 Å². The summed E-state index contributed by atoms with van der Waals surface area (Å²) in [5.74, 6) is -0.275. The number of aliphatic hydroxyl groups is 2. The minimum Gasteiger partial charge on any atom is -0.395 e. The molecule has 0 saturated carbocycles. The van der Waals surface area contributed by atoms with E-state index in [9.17, 15) is 13.2 Å². The van der Waals surface area contributed by atoms with Crippen LogP contribution in [-0.4, -0.2) is 41.5 Å². The third kappa shape index (κ3) is 3.57. The minimum absolute atomic E-state index is 0.0132. The molecule has 4 nitrogen and oxygen atoms in total. The number of rotatable bonds is 5. The molecule has 1 rings (SSSR count). The first-order valence-electron chi connectivity index (χ1n) is 4.99. The van der Waals surface area contributed by atoms with Crippen LogP contribution in [0, 0.1) is 0 Å². The van der Waals surface area contributed by atoms with E-state index in [1.165, 1.54) is 17.2 Å². The van der Waals surface area contributed by atoms with E-state index in [4.69, 9.17) is 10.2 Å². The molecule has 0 aliphatic heterocycles. The Hall–Kier alpha value is -1.34. The molecule has 17 heavy (non-hydrogen) atoms. The molecule has 0 unspecified atom stereocenters. The zero-order valence-electron chi connectivity index (χ0n) is 8.98. The van der Waals surface area contributed by atoms with Crippen molar-refractivity contribution in [1.29, 1.82) is 0 Å². The molecule has 1 aromatic heterocycles. The number of nitrogens with zero attached hydrogens (tertiary/aromatic N) is 2. The molecule has 1 aromatic rings. The molecule has 0 spiro atoms. The highest BCUT2D eigenvalue weighted by Crippen LogP contribution is 2.34. The molecule has 0 atom stereocenters. The number of pyridine rings is 1. The Kier molecular flexibility index (Phi) is 4.71. The fourth-order valence-corrected chi connectivity index (χ4v) is 1.44. The zero-order chi connectivity index (χ0) is 12.9. The second-order valence-corrected chi connectivity index (χ2v) is 3.31. The number of anilines is 1. The molecule has 1 heterocycles. The second kappa shape index (κ2) is 5.83. The first-order chi connectivity index (χ1) is 8.00. The van der Waals surface area contributed by atoms with E-state index in [2.05, 4.69) is 4.98 Å². The van der Waals surface area contributed by atoms with Gasteiger partial charge in [0.25, 0.3) is 0 Å². The maximum Gasteiger partial charge on any atom is 0.419 e. The van der Waals surface area contributed by atoms with Crippen LogP contribution in [0.5, 0.6) is 0 Å². The molecule has 0 amide bonds. The first-order valence-corrected chi connectivity index (χ1v) is 4.99. The van der Waals surface area contributed by atoms with Gasteiger partial charge in [-0.3, -0.25) is 0 Å². The first kappa shape index (κ1) is 13.7. The van der Waals surface area contributed by atoms with Crippen LogP contribution in [0.1, 0.15) is 5.56 Å². The molecular formula is C10H13F3N2O2. The highest BCUT2D eigenvalue weighted by Gasteiger charge is 2.35. The quantitative estimate of drug-likeness (QED) is 0.815. The summed E-state index contributed by atoms with van der Waals surface area (Å²) in [7, 11) is 0. The number of hydrogen-bond acceptors (Lipinski definition) is 4. The smallest absolute Gasteiger partial charge is 0.395 e. The standard InChI is InChI=1S/C10H13F3N2O2/c11-10(12,13)8-2-1-3-14-9(8)15(4-6-16)5-7-17/h1-3,16-17H,4-7H2. The van der Waals surface area contributed by atoms with Gasteiger partial charge in [0, 0.05) is 19.3 Å². The van der Waals surface area contributed by atoms with Crippen molar-refractivity contribution in [1.82, 2.24) is 4.98 Å².